The number of thioether (sulfide) groups is 1. The van der Waals surface area contributed by atoms with Gasteiger partial charge in [0.1, 0.15) is 24.2 Å². The third kappa shape index (κ3) is 11.5. The second kappa shape index (κ2) is 21.0. The Morgan fingerprint density at radius 1 is 0.887 bits per heavy atom. The average Bonchev–Trinajstić information content (AvgIpc) is 3.81. The minimum absolute atomic E-state index is 0.121. The van der Waals surface area contributed by atoms with E-state index in [-0.39, 0.29) is 18.7 Å². The fourth-order valence-electron chi connectivity index (χ4n) is 7.73. The third-order valence-corrected chi connectivity index (χ3v) is 12.8. The number of nitrogens with two attached hydrogens (primary N) is 1. The van der Waals surface area contributed by atoms with E-state index in [0.717, 1.165) is 16.7 Å². The maximum atomic E-state index is 14.4. The first-order valence-electron chi connectivity index (χ1n) is 20.5. The lowest BCUT2D eigenvalue weighted by atomic mass is 9.88. The summed E-state index contributed by atoms with van der Waals surface area (Å²) in [4.78, 5) is 125. The van der Waals surface area contributed by atoms with Crippen LogP contribution in [0, 0.1) is 17.8 Å². The molecule has 0 saturated carbocycles. The number of carbonyl (C=O) groups excluding carboxylic acids is 9. The second-order valence-corrected chi connectivity index (χ2v) is 17.1. The van der Waals surface area contributed by atoms with E-state index < -0.39 is 152 Å². The van der Waals surface area contributed by atoms with E-state index in [1.54, 1.807) is 48.9 Å². The van der Waals surface area contributed by atoms with E-state index in [9.17, 15) is 58.5 Å². The Bertz CT molecular complexity index is 2060. The number of primary amides is 1. The highest BCUT2D eigenvalue weighted by molar-refractivity contribution is 7.99. The molecule has 3 aliphatic heterocycles. The minimum atomic E-state index is -1.71. The molecule has 0 spiro atoms. The topological polar surface area (TPSA) is 321 Å². The number of amides is 8. The number of carbonyl (C=O) groups is 9. The highest BCUT2D eigenvalue weighted by atomic mass is 32.2. The summed E-state index contributed by atoms with van der Waals surface area (Å²) in [7, 11) is 0. The van der Waals surface area contributed by atoms with Gasteiger partial charge < -0.3 is 62.4 Å². The van der Waals surface area contributed by atoms with E-state index >= 15 is 0 Å². The maximum absolute atomic E-state index is 14.4. The molecule has 1 aromatic heterocycles. The molecule has 1 saturated heterocycles. The highest BCUT2D eigenvalue weighted by Crippen LogP contribution is 2.33. The summed E-state index contributed by atoms with van der Waals surface area (Å²) >= 11 is 1.12. The van der Waals surface area contributed by atoms with Crippen molar-refractivity contribution >= 4 is 75.6 Å². The van der Waals surface area contributed by atoms with Gasteiger partial charge in [0.25, 0.3) is 0 Å². The number of nitrogens with one attached hydrogen (secondary N) is 6. The number of nitrogens with zero attached hydrogens (tertiary/aromatic N) is 2. The van der Waals surface area contributed by atoms with Crippen molar-refractivity contribution in [2.75, 3.05) is 32.0 Å². The van der Waals surface area contributed by atoms with Crippen LogP contribution in [0.3, 0.4) is 0 Å². The number of aromatic nitrogens is 1. The van der Waals surface area contributed by atoms with Crippen LogP contribution in [0.4, 0.5) is 0 Å². The Kier molecular flexibility index (Phi) is 16.1. The molecule has 1 fully saturated rings. The molecule has 8 amide bonds. The molecular weight excluding hydrogens is 831 g/mol. The first kappa shape index (κ1) is 47.5. The van der Waals surface area contributed by atoms with Crippen LogP contribution in [0.2, 0.25) is 0 Å². The molecule has 0 unspecified atom stereocenters. The lowest BCUT2D eigenvalue weighted by Crippen LogP contribution is -2.60. The SMILES string of the molecule is CC[C@H](C)[C@@H]1NC(=O)CNC(=O)[C@@H]2CSc3c4ccccc4cn3C[C@H](NC(=O)CNC1=O)C(=O)N[C@@H](CC(N)=O)C(=O)N1C[C@H](O)C[C@H]1C(=O)N[C@@H]([C@@H](C)[C@@H](O)CO)C(=O)C2. The Balaban J connectivity index is 1.69. The molecule has 0 radical (unpaired) electrons. The number of rotatable bonds is 7. The Morgan fingerprint density at radius 3 is 2.24 bits per heavy atom. The zero-order valence-electron chi connectivity index (χ0n) is 34.6. The van der Waals surface area contributed by atoms with Crippen molar-refractivity contribution in [1.82, 2.24) is 41.4 Å². The number of aliphatic hydroxyl groups excluding tert-OH is 3. The smallest absolute Gasteiger partial charge is 0.246 e. The monoisotopic (exact) mass is 885 g/mol. The molecule has 10 atom stereocenters. The third-order valence-electron chi connectivity index (χ3n) is 11.5. The molecule has 5 rings (SSSR count). The van der Waals surface area contributed by atoms with Crippen molar-refractivity contribution in [3.8, 4) is 0 Å². The summed E-state index contributed by atoms with van der Waals surface area (Å²) in [6.07, 6.45) is -2.35. The molecule has 62 heavy (non-hydrogen) atoms. The summed E-state index contributed by atoms with van der Waals surface area (Å²) in [6.45, 7) is 2.08. The van der Waals surface area contributed by atoms with Gasteiger partial charge in [-0.15, -0.1) is 11.8 Å². The number of fused-ring (bicyclic) bond motifs is 5. The van der Waals surface area contributed by atoms with Crippen LogP contribution in [0.25, 0.3) is 10.8 Å². The lowest BCUT2D eigenvalue weighted by Gasteiger charge is -2.32. The number of hydrogen-bond donors (Lipinski definition) is 10. The van der Waals surface area contributed by atoms with E-state index in [1.165, 1.54) is 6.92 Å². The summed E-state index contributed by atoms with van der Waals surface area (Å²) in [5.41, 5.74) is 5.53. The first-order valence-corrected chi connectivity index (χ1v) is 21.4. The second-order valence-electron chi connectivity index (χ2n) is 16.1. The number of ketones is 1. The number of benzene rings is 1. The number of hydrogen-bond acceptors (Lipinski definition) is 13. The van der Waals surface area contributed by atoms with Gasteiger partial charge in [0.15, 0.2) is 5.78 Å². The van der Waals surface area contributed by atoms with Crippen LogP contribution >= 0.6 is 11.8 Å². The predicted octanol–water partition coefficient (Wildman–Crippen LogP) is -3.62. The van der Waals surface area contributed by atoms with E-state index in [4.69, 9.17) is 5.73 Å². The van der Waals surface area contributed by atoms with E-state index in [1.807, 2.05) is 0 Å². The summed E-state index contributed by atoms with van der Waals surface area (Å²) in [5.74, 6) is -10.7. The van der Waals surface area contributed by atoms with E-state index in [0.29, 0.717) is 22.2 Å². The molecule has 11 N–H and O–H groups in total. The van der Waals surface area contributed by atoms with Gasteiger partial charge in [-0.25, -0.2) is 0 Å². The van der Waals surface area contributed by atoms with Gasteiger partial charge in [0.05, 0.1) is 61.9 Å². The Morgan fingerprint density at radius 2 is 1.56 bits per heavy atom. The van der Waals surface area contributed by atoms with Gasteiger partial charge in [-0.3, -0.25) is 43.2 Å². The first-order chi connectivity index (χ1) is 29.4. The minimum Gasteiger partial charge on any atom is -0.394 e. The van der Waals surface area contributed by atoms with Gasteiger partial charge in [-0.05, 0) is 5.92 Å². The number of aliphatic hydroxyl groups is 3. The van der Waals surface area contributed by atoms with Crippen molar-refractivity contribution in [3.63, 3.8) is 0 Å². The van der Waals surface area contributed by atoms with Crippen LogP contribution in [-0.4, -0.2) is 152 Å². The maximum Gasteiger partial charge on any atom is 0.246 e. The van der Waals surface area contributed by atoms with Crippen molar-refractivity contribution in [3.05, 3.63) is 30.5 Å². The molecule has 22 heteroatoms. The molecule has 4 heterocycles. The van der Waals surface area contributed by atoms with Crippen LogP contribution in [0.5, 0.6) is 0 Å². The fourth-order valence-corrected chi connectivity index (χ4v) is 9.00. The molecule has 21 nitrogen and oxygen atoms in total. The number of Topliss-reactive ketones (excluding diaryl/α,β-unsaturated/α-hetero) is 1. The van der Waals surface area contributed by atoms with Crippen LogP contribution in [-0.2, 0) is 49.7 Å². The van der Waals surface area contributed by atoms with Crippen LogP contribution < -0.4 is 37.6 Å². The molecule has 2 aromatic rings. The van der Waals surface area contributed by atoms with Gasteiger partial charge in [0.2, 0.25) is 47.3 Å². The fraction of sp³-hybridized carbons (Fsp3) is 0.575. The van der Waals surface area contributed by atoms with Gasteiger partial charge in [-0.1, -0.05) is 51.5 Å². The van der Waals surface area contributed by atoms with Crippen LogP contribution in [0.1, 0.15) is 46.5 Å². The summed E-state index contributed by atoms with van der Waals surface area (Å²) < 4.78 is 1.63. The van der Waals surface area contributed by atoms with Gasteiger partial charge in [0, 0.05) is 48.0 Å². The highest BCUT2D eigenvalue weighted by Gasteiger charge is 2.44. The predicted molar refractivity (Wildman–Crippen MR) is 221 cm³/mol. The van der Waals surface area contributed by atoms with E-state index in [2.05, 4.69) is 31.9 Å². The molecule has 0 aliphatic carbocycles. The van der Waals surface area contributed by atoms with Gasteiger partial charge >= 0.3 is 0 Å². The zero-order valence-corrected chi connectivity index (χ0v) is 35.4. The van der Waals surface area contributed by atoms with Crippen molar-refractivity contribution < 1.29 is 58.5 Å². The Labute approximate surface area is 361 Å². The normalized spacial score (nSPS) is 28.0. The zero-order chi connectivity index (χ0) is 45.4. The van der Waals surface area contributed by atoms with Crippen molar-refractivity contribution in [2.45, 2.75) is 100 Å². The summed E-state index contributed by atoms with van der Waals surface area (Å²) in [5, 5.41) is 48.4. The van der Waals surface area contributed by atoms with Crippen molar-refractivity contribution in [2.24, 2.45) is 23.5 Å². The van der Waals surface area contributed by atoms with Crippen LogP contribution in [0.15, 0.2) is 35.5 Å². The lowest BCUT2D eigenvalue weighted by molar-refractivity contribution is -0.144. The molecule has 3 aliphatic rings. The molecule has 1 aromatic carbocycles. The average molecular weight is 886 g/mol. The quantitative estimate of drug-likeness (QED) is 0.129. The molecular formula is C40H55N9O12S. The molecule has 338 valence electrons. The molecule has 2 bridgehead atoms. The Hall–Kier alpha value is -5.58. The van der Waals surface area contributed by atoms with Crippen molar-refractivity contribution in [1.29, 1.82) is 0 Å². The summed E-state index contributed by atoms with van der Waals surface area (Å²) in [6, 6.07) is -0.311. The standard InChI is InChI=1S/C40H55N9O12S/c1-4-19(2)33-38(60)43-12-31(55)44-26-16-48-14-21-7-5-6-8-24(21)40(48)62-18-22(35(57)42-13-32(56)46-33)9-28(52)34(20(3)29(53)17-50)47-37(59)27-10-23(51)15-49(27)39(61)25(11-30(41)54)45-36(26)58/h5-8,14,19-20,22-23,25-27,29,33-34,50-51,53H,4,9-13,15-18H2,1-3H3,(H2,41,54)(H,42,57)(H,43,60)(H,44,55)(H,45,58)(H,46,56)(H,47,59)/t19-,20-,22-,23+,25-,26-,27-,29-,33-,34-/m0/s1. The largest absolute Gasteiger partial charge is 0.394 e. The van der Waals surface area contributed by atoms with Gasteiger partial charge in [-0.2, -0.15) is 0 Å².